The van der Waals surface area contributed by atoms with Gasteiger partial charge in [0.15, 0.2) is 0 Å². The molecule has 0 unspecified atom stereocenters. The maximum Gasteiger partial charge on any atom is 0.253 e. The van der Waals surface area contributed by atoms with Crippen molar-refractivity contribution >= 4 is 17.5 Å². The molecule has 0 radical (unpaired) electrons. The van der Waals surface area contributed by atoms with Gasteiger partial charge in [0.25, 0.3) is 5.91 Å². The molecule has 1 aliphatic carbocycles. The molecular formula is C21H22ClNO3. The molecule has 1 heterocycles. The fourth-order valence-corrected chi connectivity index (χ4v) is 4.22. The van der Waals surface area contributed by atoms with Gasteiger partial charge >= 0.3 is 0 Å². The van der Waals surface area contributed by atoms with Crippen LogP contribution in [0.3, 0.4) is 0 Å². The fourth-order valence-electron chi connectivity index (χ4n) is 3.91. The second kappa shape index (κ2) is 6.93. The van der Waals surface area contributed by atoms with Crippen molar-refractivity contribution in [1.82, 2.24) is 5.32 Å². The van der Waals surface area contributed by atoms with Gasteiger partial charge in [-0.05, 0) is 60.6 Å². The highest BCUT2D eigenvalue weighted by atomic mass is 35.5. The van der Waals surface area contributed by atoms with Crippen LogP contribution in [-0.4, -0.2) is 23.7 Å². The van der Waals surface area contributed by atoms with Crippen LogP contribution in [0, 0.1) is 12.8 Å². The number of aliphatic hydroxyl groups is 1. The number of amides is 1. The number of nitrogens with one attached hydrogen (secondary N) is 1. The molecule has 4 nitrogen and oxygen atoms in total. The third kappa shape index (κ3) is 3.19. The number of fused-ring (bicyclic) bond motifs is 1. The van der Waals surface area contributed by atoms with E-state index in [-0.39, 0.29) is 24.0 Å². The summed E-state index contributed by atoms with van der Waals surface area (Å²) < 4.78 is 5.59. The van der Waals surface area contributed by atoms with Crippen molar-refractivity contribution < 1.29 is 14.6 Å². The van der Waals surface area contributed by atoms with Crippen LogP contribution < -0.4 is 10.1 Å². The highest BCUT2D eigenvalue weighted by Crippen LogP contribution is 2.40. The Morgan fingerprint density at radius 3 is 2.85 bits per heavy atom. The first-order chi connectivity index (χ1) is 12.5. The largest absolute Gasteiger partial charge is 0.493 e. The topological polar surface area (TPSA) is 58.6 Å². The monoisotopic (exact) mass is 371 g/mol. The number of carbonyl (C=O) groups excluding carboxylic acids is 1. The number of ether oxygens (including phenoxy) is 1. The number of halogens is 1. The van der Waals surface area contributed by atoms with Gasteiger partial charge in [0.1, 0.15) is 5.75 Å². The Labute approximate surface area is 158 Å². The molecule has 1 saturated carbocycles. The van der Waals surface area contributed by atoms with Crippen molar-refractivity contribution in [2.24, 2.45) is 5.92 Å². The summed E-state index contributed by atoms with van der Waals surface area (Å²) in [7, 11) is 0. The lowest BCUT2D eigenvalue weighted by molar-refractivity contribution is 0.0235. The third-order valence-corrected chi connectivity index (χ3v) is 5.74. The van der Waals surface area contributed by atoms with E-state index in [0.717, 1.165) is 23.3 Å². The maximum atomic E-state index is 12.9. The van der Waals surface area contributed by atoms with Gasteiger partial charge in [-0.25, -0.2) is 0 Å². The number of benzene rings is 2. The van der Waals surface area contributed by atoms with Gasteiger partial charge in [-0.2, -0.15) is 0 Å². The summed E-state index contributed by atoms with van der Waals surface area (Å²) in [6, 6.07) is 11.4. The highest BCUT2D eigenvalue weighted by Gasteiger charge is 2.36. The molecule has 0 spiro atoms. The van der Waals surface area contributed by atoms with Crippen molar-refractivity contribution in [3.63, 3.8) is 0 Å². The zero-order valence-electron chi connectivity index (χ0n) is 14.7. The number of aliphatic hydroxyl groups excluding tert-OH is 1. The Hall–Kier alpha value is -2.04. The van der Waals surface area contributed by atoms with Gasteiger partial charge in [0, 0.05) is 6.42 Å². The molecular weight excluding hydrogens is 350 g/mol. The molecule has 2 aromatic carbocycles. The van der Waals surface area contributed by atoms with E-state index in [1.807, 2.05) is 31.2 Å². The normalized spacial score (nSPS) is 22.1. The molecule has 0 bridgehead atoms. The Morgan fingerprint density at radius 1 is 1.31 bits per heavy atom. The molecule has 2 N–H and O–H groups in total. The lowest BCUT2D eigenvalue weighted by Gasteiger charge is -2.38. The minimum atomic E-state index is -0.279. The molecule has 1 atom stereocenters. The number of rotatable bonds is 4. The van der Waals surface area contributed by atoms with Gasteiger partial charge in [0.05, 0.1) is 29.3 Å². The molecule has 1 aliphatic heterocycles. The van der Waals surface area contributed by atoms with E-state index >= 15 is 0 Å². The molecule has 1 amide bonds. The SMILES string of the molecule is Cc1cccc(Cl)c1C(=O)N[C@H](c1ccc2c(c1)CCO2)C1CC(O)C1. The van der Waals surface area contributed by atoms with Crippen LogP contribution in [-0.2, 0) is 6.42 Å². The summed E-state index contributed by atoms with van der Waals surface area (Å²) >= 11 is 6.26. The lowest BCUT2D eigenvalue weighted by atomic mass is 9.74. The molecule has 136 valence electrons. The molecule has 2 aliphatic rings. The van der Waals surface area contributed by atoms with Crippen molar-refractivity contribution in [3.05, 3.63) is 63.7 Å². The first kappa shape index (κ1) is 17.4. The van der Waals surface area contributed by atoms with Crippen LogP contribution in [0.4, 0.5) is 0 Å². The zero-order chi connectivity index (χ0) is 18.3. The second-order valence-corrected chi connectivity index (χ2v) is 7.64. The molecule has 0 aromatic heterocycles. The molecule has 4 rings (SSSR count). The van der Waals surface area contributed by atoms with Crippen LogP contribution in [0.1, 0.15) is 45.9 Å². The van der Waals surface area contributed by atoms with Gasteiger partial charge < -0.3 is 15.2 Å². The molecule has 26 heavy (non-hydrogen) atoms. The summed E-state index contributed by atoms with van der Waals surface area (Å²) in [5, 5.41) is 13.4. The van der Waals surface area contributed by atoms with E-state index in [2.05, 4.69) is 11.4 Å². The quantitative estimate of drug-likeness (QED) is 0.858. The van der Waals surface area contributed by atoms with Crippen molar-refractivity contribution in [2.45, 2.75) is 38.3 Å². The number of hydrogen-bond acceptors (Lipinski definition) is 3. The Bertz CT molecular complexity index is 825. The third-order valence-electron chi connectivity index (χ3n) is 5.43. The van der Waals surface area contributed by atoms with E-state index in [1.54, 1.807) is 6.07 Å². The van der Waals surface area contributed by atoms with E-state index < -0.39 is 0 Å². The van der Waals surface area contributed by atoms with Gasteiger partial charge in [-0.15, -0.1) is 0 Å². The highest BCUT2D eigenvalue weighted by molar-refractivity contribution is 6.34. The minimum Gasteiger partial charge on any atom is -0.493 e. The summed E-state index contributed by atoms with van der Waals surface area (Å²) in [6.45, 7) is 2.59. The first-order valence-corrected chi connectivity index (χ1v) is 9.40. The number of carbonyl (C=O) groups is 1. The Balaban J connectivity index is 1.63. The van der Waals surface area contributed by atoms with Crippen molar-refractivity contribution in [3.8, 4) is 5.75 Å². The van der Waals surface area contributed by atoms with Crippen LogP contribution >= 0.6 is 11.6 Å². The summed E-state index contributed by atoms with van der Waals surface area (Å²) in [4.78, 5) is 12.9. The average Bonchev–Trinajstić information content (AvgIpc) is 3.04. The molecule has 0 saturated heterocycles. The predicted octanol–water partition coefficient (Wildman–Crippen LogP) is 3.83. The van der Waals surface area contributed by atoms with E-state index in [1.165, 1.54) is 5.56 Å². The van der Waals surface area contributed by atoms with Crippen LogP contribution in [0.15, 0.2) is 36.4 Å². The second-order valence-electron chi connectivity index (χ2n) is 7.23. The van der Waals surface area contributed by atoms with Gasteiger partial charge in [-0.1, -0.05) is 29.8 Å². The van der Waals surface area contributed by atoms with Crippen LogP contribution in [0.5, 0.6) is 5.75 Å². The Kier molecular flexibility index (Phi) is 4.63. The molecule has 1 fully saturated rings. The number of hydrogen-bond donors (Lipinski definition) is 2. The smallest absolute Gasteiger partial charge is 0.253 e. The average molecular weight is 372 g/mol. The zero-order valence-corrected chi connectivity index (χ0v) is 15.4. The Morgan fingerprint density at radius 2 is 2.12 bits per heavy atom. The van der Waals surface area contributed by atoms with E-state index in [9.17, 15) is 9.90 Å². The van der Waals surface area contributed by atoms with Crippen molar-refractivity contribution in [1.29, 1.82) is 0 Å². The maximum absolute atomic E-state index is 12.9. The molecule has 5 heteroatoms. The first-order valence-electron chi connectivity index (χ1n) is 9.02. The predicted molar refractivity (Wildman–Crippen MR) is 101 cm³/mol. The van der Waals surface area contributed by atoms with Crippen molar-refractivity contribution in [2.75, 3.05) is 6.61 Å². The van der Waals surface area contributed by atoms with Gasteiger partial charge in [-0.3, -0.25) is 4.79 Å². The van der Waals surface area contributed by atoms with Crippen LogP contribution in [0.2, 0.25) is 5.02 Å². The minimum absolute atomic E-state index is 0.146. The van der Waals surface area contributed by atoms with E-state index in [4.69, 9.17) is 16.3 Å². The summed E-state index contributed by atoms with van der Waals surface area (Å²) in [5.74, 6) is 0.975. The lowest BCUT2D eigenvalue weighted by Crippen LogP contribution is -2.41. The summed E-state index contributed by atoms with van der Waals surface area (Å²) in [5.41, 5.74) is 3.60. The van der Waals surface area contributed by atoms with E-state index in [0.29, 0.717) is 30.0 Å². The summed E-state index contributed by atoms with van der Waals surface area (Å²) in [6.07, 6.45) is 2.00. The molecule has 2 aromatic rings. The number of aryl methyl sites for hydroxylation is 1. The standard InChI is InChI=1S/C21H22ClNO3/c1-12-3-2-4-17(22)19(12)21(25)23-20(15-10-16(24)11-15)14-5-6-18-13(9-14)7-8-26-18/h2-6,9,15-16,20,24H,7-8,10-11H2,1H3,(H,23,25)/t15?,16?,20-/m1/s1. The van der Waals surface area contributed by atoms with Crippen LogP contribution in [0.25, 0.3) is 0 Å². The van der Waals surface area contributed by atoms with Gasteiger partial charge in [0.2, 0.25) is 0 Å². The fraction of sp³-hybridized carbons (Fsp3) is 0.381.